The number of carboxylic acid groups (broad SMARTS) is 1. The van der Waals surface area contributed by atoms with Crippen molar-refractivity contribution in [3.63, 3.8) is 0 Å². The Morgan fingerprint density at radius 3 is 2.81 bits per heavy atom. The highest BCUT2D eigenvalue weighted by molar-refractivity contribution is 14.1. The summed E-state index contributed by atoms with van der Waals surface area (Å²) in [5.74, 6) is -0.941. The van der Waals surface area contributed by atoms with Crippen LogP contribution in [-0.2, 0) is 0 Å². The van der Waals surface area contributed by atoms with Crippen molar-refractivity contribution in [2.45, 2.75) is 6.92 Å². The largest absolute Gasteiger partial charge is 0.478 e. The van der Waals surface area contributed by atoms with Crippen molar-refractivity contribution in [2.75, 3.05) is 0 Å². The van der Waals surface area contributed by atoms with Crippen LogP contribution in [-0.4, -0.2) is 20.9 Å². The van der Waals surface area contributed by atoms with Gasteiger partial charge in [0.2, 0.25) is 0 Å². The molecule has 2 aromatic rings. The Kier molecular flexibility index (Phi) is 2.95. The number of halogens is 1. The standard InChI is InChI=1S/C11H9IN2O2/c1-7-3-2-4-9(11(15)16)10(7)14-6-8(12)5-13-14/h2-6H,1H3,(H,15,16). The van der Waals surface area contributed by atoms with Crippen LogP contribution < -0.4 is 0 Å². The van der Waals surface area contributed by atoms with Crippen molar-refractivity contribution in [1.29, 1.82) is 0 Å². The highest BCUT2D eigenvalue weighted by Gasteiger charge is 2.14. The second-order valence-electron chi connectivity index (χ2n) is 3.38. The summed E-state index contributed by atoms with van der Waals surface area (Å²) in [5.41, 5.74) is 1.77. The van der Waals surface area contributed by atoms with Gasteiger partial charge in [0, 0.05) is 6.20 Å². The van der Waals surface area contributed by atoms with E-state index in [0.29, 0.717) is 5.69 Å². The average Bonchev–Trinajstić information content (AvgIpc) is 2.64. The molecule has 0 saturated carbocycles. The molecule has 0 saturated heterocycles. The van der Waals surface area contributed by atoms with Crippen molar-refractivity contribution in [3.05, 3.63) is 45.3 Å². The van der Waals surface area contributed by atoms with Gasteiger partial charge in [-0.2, -0.15) is 5.10 Å². The number of carboxylic acids is 1. The van der Waals surface area contributed by atoms with E-state index in [0.717, 1.165) is 9.13 Å². The minimum Gasteiger partial charge on any atom is -0.478 e. The van der Waals surface area contributed by atoms with Crippen LogP contribution in [0.25, 0.3) is 5.69 Å². The second kappa shape index (κ2) is 4.25. The van der Waals surface area contributed by atoms with Gasteiger partial charge in [-0.15, -0.1) is 0 Å². The van der Waals surface area contributed by atoms with Gasteiger partial charge in [0.25, 0.3) is 0 Å². The highest BCUT2D eigenvalue weighted by Crippen LogP contribution is 2.19. The highest BCUT2D eigenvalue weighted by atomic mass is 127. The third-order valence-corrected chi connectivity index (χ3v) is 2.81. The van der Waals surface area contributed by atoms with Crippen molar-refractivity contribution >= 4 is 28.6 Å². The maximum atomic E-state index is 11.1. The van der Waals surface area contributed by atoms with E-state index in [1.807, 2.05) is 13.0 Å². The minimum atomic E-state index is -0.941. The fourth-order valence-corrected chi connectivity index (χ4v) is 1.95. The number of rotatable bonds is 2. The predicted octanol–water partition coefficient (Wildman–Crippen LogP) is 2.48. The summed E-state index contributed by atoms with van der Waals surface area (Å²) < 4.78 is 2.57. The Labute approximate surface area is 106 Å². The molecule has 0 aliphatic heterocycles. The molecule has 0 fully saturated rings. The van der Waals surface area contributed by atoms with Gasteiger partial charge < -0.3 is 5.11 Å². The normalized spacial score (nSPS) is 10.4. The van der Waals surface area contributed by atoms with Gasteiger partial charge >= 0.3 is 5.97 Å². The Balaban J connectivity index is 2.67. The van der Waals surface area contributed by atoms with Crippen LogP contribution in [0.5, 0.6) is 0 Å². The first-order valence-corrected chi connectivity index (χ1v) is 5.71. The molecule has 0 radical (unpaired) electrons. The number of benzene rings is 1. The van der Waals surface area contributed by atoms with Gasteiger partial charge in [0.15, 0.2) is 0 Å². The molecular formula is C11H9IN2O2. The zero-order valence-corrected chi connectivity index (χ0v) is 10.7. The maximum absolute atomic E-state index is 11.1. The lowest BCUT2D eigenvalue weighted by atomic mass is 10.1. The van der Waals surface area contributed by atoms with Crippen molar-refractivity contribution in [3.8, 4) is 5.69 Å². The molecule has 4 nitrogen and oxygen atoms in total. The molecule has 1 N–H and O–H groups in total. The Morgan fingerprint density at radius 1 is 1.50 bits per heavy atom. The molecule has 2 rings (SSSR count). The van der Waals surface area contributed by atoms with Crippen molar-refractivity contribution in [1.82, 2.24) is 9.78 Å². The number of aromatic nitrogens is 2. The first-order valence-electron chi connectivity index (χ1n) is 4.63. The summed E-state index contributed by atoms with van der Waals surface area (Å²) in [6.07, 6.45) is 3.49. The fourth-order valence-electron chi connectivity index (χ4n) is 1.56. The number of nitrogens with zero attached hydrogens (tertiary/aromatic N) is 2. The van der Waals surface area contributed by atoms with Crippen LogP contribution in [0.2, 0.25) is 0 Å². The smallest absolute Gasteiger partial charge is 0.337 e. The van der Waals surface area contributed by atoms with E-state index in [1.54, 1.807) is 29.2 Å². The molecule has 0 atom stereocenters. The molecular weight excluding hydrogens is 319 g/mol. The first kappa shape index (κ1) is 11.1. The van der Waals surface area contributed by atoms with Crippen LogP contribution in [0.3, 0.4) is 0 Å². The summed E-state index contributed by atoms with van der Waals surface area (Å²) in [6.45, 7) is 1.87. The van der Waals surface area contributed by atoms with Crippen LogP contribution >= 0.6 is 22.6 Å². The van der Waals surface area contributed by atoms with E-state index in [9.17, 15) is 4.79 Å². The van der Waals surface area contributed by atoms with E-state index in [2.05, 4.69) is 27.7 Å². The van der Waals surface area contributed by atoms with E-state index >= 15 is 0 Å². The summed E-state index contributed by atoms with van der Waals surface area (Å²) >= 11 is 2.14. The molecule has 0 aliphatic rings. The zero-order valence-electron chi connectivity index (χ0n) is 8.51. The SMILES string of the molecule is Cc1cccc(C(=O)O)c1-n1cc(I)cn1. The number of aryl methyl sites for hydroxylation is 1. The summed E-state index contributed by atoms with van der Waals surface area (Å²) in [6, 6.07) is 5.19. The van der Waals surface area contributed by atoms with E-state index in [1.165, 1.54) is 0 Å². The Hall–Kier alpha value is -1.37. The molecule has 0 unspecified atom stereocenters. The number of hydrogen-bond acceptors (Lipinski definition) is 2. The van der Waals surface area contributed by atoms with Gasteiger partial charge in [-0.3, -0.25) is 0 Å². The zero-order chi connectivity index (χ0) is 11.7. The topological polar surface area (TPSA) is 55.1 Å². The number of para-hydroxylation sites is 1. The lowest BCUT2D eigenvalue weighted by Crippen LogP contribution is -2.07. The summed E-state index contributed by atoms with van der Waals surface area (Å²) in [7, 11) is 0. The average molecular weight is 328 g/mol. The molecule has 0 spiro atoms. The summed E-state index contributed by atoms with van der Waals surface area (Å²) in [4.78, 5) is 11.1. The van der Waals surface area contributed by atoms with Gasteiger partial charge in [-0.25, -0.2) is 9.48 Å². The van der Waals surface area contributed by atoms with E-state index < -0.39 is 5.97 Å². The number of carbonyl (C=O) groups is 1. The minimum absolute atomic E-state index is 0.263. The maximum Gasteiger partial charge on any atom is 0.337 e. The monoisotopic (exact) mass is 328 g/mol. The van der Waals surface area contributed by atoms with Gasteiger partial charge in [-0.05, 0) is 41.1 Å². The third kappa shape index (κ3) is 1.95. The van der Waals surface area contributed by atoms with Crippen molar-refractivity contribution in [2.24, 2.45) is 0 Å². The molecule has 82 valence electrons. The third-order valence-electron chi connectivity index (χ3n) is 2.25. The molecule has 16 heavy (non-hydrogen) atoms. The predicted molar refractivity (Wildman–Crippen MR) is 68.0 cm³/mol. The molecule has 1 aromatic carbocycles. The van der Waals surface area contributed by atoms with Crippen LogP contribution in [0.1, 0.15) is 15.9 Å². The molecule has 0 amide bonds. The molecule has 0 aliphatic carbocycles. The molecule has 1 aromatic heterocycles. The van der Waals surface area contributed by atoms with Crippen LogP contribution in [0, 0.1) is 10.5 Å². The van der Waals surface area contributed by atoms with E-state index in [4.69, 9.17) is 5.11 Å². The quantitative estimate of drug-likeness (QED) is 0.862. The van der Waals surface area contributed by atoms with Gasteiger partial charge in [0.05, 0.1) is 21.0 Å². The number of hydrogen-bond donors (Lipinski definition) is 1. The Morgan fingerprint density at radius 2 is 2.25 bits per heavy atom. The molecule has 5 heteroatoms. The lowest BCUT2D eigenvalue weighted by Gasteiger charge is -2.09. The summed E-state index contributed by atoms with van der Waals surface area (Å²) in [5, 5.41) is 13.3. The first-order chi connectivity index (χ1) is 7.59. The van der Waals surface area contributed by atoms with Crippen molar-refractivity contribution < 1.29 is 9.90 Å². The van der Waals surface area contributed by atoms with Gasteiger partial charge in [-0.1, -0.05) is 12.1 Å². The van der Waals surface area contributed by atoms with Gasteiger partial charge in [0.1, 0.15) is 0 Å². The van der Waals surface area contributed by atoms with Crippen LogP contribution in [0.15, 0.2) is 30.6 Å². The van der Waals surface area contributed by atoms with Crippen LogP contribution in [0.4, 0.5) is 0 Å². The van der Waals surface area contributed by atoms with E-state index in [-0.39, 0.29) is 5.56 Å². The second-order valence-corrected chi connectivity index (χ2v) is 4.62. The molecule has 1 heterocycles. The lowest BCUT2D eigenvalue weighted by molar-refractivity contribution is 0.0696. The fraction of sp³-hybridized carbons (Fsp3) is 0.0909. The number of aromatic carboxylic acids is 1. The Bertz CT molecular complexity index is 549. The molecule has 0 bridgehead atoms.